The number of rotatable bonds is 4. The number of carbonyl (C=O) groups is 1. The number of nitrogens with zero attached hydrogens (tertiary/aromatic N) is 1. The fourth-order valence-electron chi connectivity index (χ4n) is 2.15. The molecule has 1 aromatic carbocycles. The first-order valence-electron chi connectivity index (χ1n) is 5.85. The molecule has 1 unspecified atom stereocenters. The Bertz CT molecular complexity index is 462. The number of hydrogen-bond acceptors (Lipinski definition) is 5. The van der Waals surface area contributed by atoms with Crippen LogP contribution in [-0.4, -0.2) is 39.6 Å². The Kier molecular flexibility index (Phi) is 4.00. The molecule has 7 heteroatoms. The topological polar surface area (TPSA) is 90.2 Å². The SMILES string of the molecule is COC(C(=O)O)c1ccc(N2CCCS2(O)O)cc1. The molecular weight excluding hydrogens is 270 g/mol. The quantitative estimate of drug-likeness (QED) is 0.787. The molecule has 1 fully saturated rings. The largest absolute Gasteiger partial charge is 0.479 e. The minimum atomic E-state index is -2.71. The van der Waals surface area contributed by atoms with Gasteiger partial charge in [-0.3, -0.25) is 13.4 Å². The van der Waals surface area contributed by atoms with Crippen molar-refractivity contribution in [3.8, 4) is 0 Å². The Hall–Kier alpha value is -1.28. The minimum absolute atomic E-state index is 0.380. The van der Waals surface area contributed by atoms with Crippen LogP contribution in [0.5, 0.6) is 0 Å². The van der Waals surface area contributed by atoms with E-state index < -0.39 is 22.8 Å². The summed E-state index contributed by atoms with van der Waals surface area (Å²) in [5, 5.41) is 8.98. The number of carboxylic acids is 1. The van der Waals surface area contributed by atoms with Gasteiger partial charge in [0, 0.05) is 13.7 Å². The van der Waals surface area contributed by atoms with E-state index in [9.17, 15) is 13.9 Å². The van der Waals surface area contributed by atoms with Crippen LogP contribution in [0.4, 0.5) is 5.69 Å². The molecule has 3 N–H and O–H groups in total. The summed E-state index contributed by atoms with van der Waals surface area (Å²) in [5.74, 6) is -0.675. The molecule has 1 heterocycles. The summed E-state index contributed by atoms with van der Waals surface area (Å²) in [6, 6.07) is 6.63. The molecule has 0 amide bonds. The van der Waals surface area contributed by atoms with E-state index in [1.54, 1.807) is 28.6 Å². The highest BCUT2D eigenvalue weighted by Gasteiger charge is 2.29. The first-order chi connectivity index (χ1) is 8.95. The van der Waals surface area contributed by atoms with E-state index in [4.69, 9.17) is 9.84 Å². The van der Waals surface area contributed by atoms with Crippen LogP contribution in [0, 0.1) is 0 Å². The van der Waals surface area contributed by atoms with E-state index in [0.29, 0.717) is 23.5 Å². The van der Waals surface area contributed by atoms with Crippen LogP contribution in [-0.2, 0) is 9.53 Å². The van der Waals surface area contributed by atoms with Gasteiger partial charge in [0.25, 0.3) is 0 Å². The van der Waals surface area contributed by atoms with Crippen molar-refractivity contribution in [2.75, 3.05) is 23.7 Å². The van der Waals surface area contributed by atoms with Crippen LogP contribution in [0.1, 0.15) is 18.1 Å². The fourth-order valence-corrected chi connectivity index (χ4v) is 3.77. The van der Waals surface area contributed by atoms with Crippen LogP contribution < -0.4 is 4.31 Å². The zero-order valence-corrected chi connectivity index (χ0v) is 11.3. The van der Waals surface area contributed by atoms with Gasteiger partial charge in [-0.25, -0.2) is 4.79 Å². The first-order valence-corrected chi connectivity index (χ1v) is 7.52. The summed E-state index contributed by atoms with van der Waals surface area (Å²) in [4.78, 5) is 11.0. The van der Waals surface area contributed by atoms with E-state index >= 15 is 0 Å². The van der Waals surface area contributed by atoms with Gasteiger partial charge in [-0.1, -0.05) is 12.1 Å². The molecule has 19 heavy (non-hydrogen) atoms. The Balaban J connectivity index is 2.21. The van der Waals surface area contributed by atoms with Crippen molar-refractivity contribution >= 4 is 22.4 Å². The summed E-state index contributed by atoms with van der Waals surface area (Å²) >= 11 is 0. The van der Waals surface area contributed by atoms with E-state index in [2.05, 4.69) is 0 Å². The molecule has 1 aliphatic rings. The maximum Gasteiger partial charge on any atom is 0.337 e. The van der Waals surface area contributed by atoms with Gasteiger partial charge in [-0.15, -0.1) is 10.8 Å². The number of methoxy groups -OCH3 is 1. The Labute approximate surface area is 113 Å². The molecule has 106 valence electrons. The molecule has 0 aliphatic carbocycles. The molecule has 0 bridgehead atoms. The smallest absolute Gasteiger partial charge is 0.337 e. The van der Waals surface area contributed by atoms with Gasteiger partial charge in [0.2, 0.25) is 0 Å². The highest BCUT2D eigenvalue weighted by Crippen LogP contribution is 2.50. The van der Waals surface area contributed by atoms with Crippen LogP contribution in [0.25, 0.3) is 0 Å². The normalized spacial score (nSPS) is 21.1. The number of hydrogen-bond donors (Lipinski definition) is 3. The molecule has 6 nitrogen and oxygen atoms in total. The maximum atomic E-state index is 11.0. The van der Waals surface area contributed by atoms with Crippen LogP contribution >= 0.6 is 10.8 Å². The monoisotopic (exact) mass is 287 g/mol. The van der Waals surface area contributed by atoms with E-state index in [0.717, 1.165) is 6.42 Å². The van der Waals surface area contributed by atoms with Crippen molar-refractivity contribution in [3.63, 3.8) is 0 Å². The molecule has 1 saturated heterocycles. The van der Waals surface area contributed by atoms with Gasteiger partial charge < -0.3 is 9.84 Å². The van der Waals surface area contributed by atoms with Crippen molar-refractivity contribution in [2.24, 2.45) is 0 Å². The highest BCUT2D eigenvalue weighted by molar-refractivity contribution is 8.25. The van der Waals surface area contributed by atoms with Crippen LogP contribution in [0.15, 0.2) is 24.3 Å². The number of aliphatic carboxylic acids is 1. The minimum Gasteiger partial charge on any atom is -0.479 e. The van der Waals surface area contributed by atoms with Gasteiger partial charge in [-0.2, -0.15) is 0 Å². The molecular formula is C12H17NO5S. The average molecular weight is 287 g/mol. The molecule has 1 aromatic rings. The molecule has 1 atom stereocenters. The lowest BCUT2D eigenvalue weighted by molar-refractivity contribution is -0.148. The standard InChI is InChI=1S/C12H17NO5S/c1-18-11(12(14)15)9-3-5-10(6-4-9)13-7-2-8-19(13,16)17/h3-6,11,16-17H,2,7-8H2,1H3,(H,14,15). The molecule has 0 radical (unpaired) electrons. The lowest BCUT2D eigenvalue weighted by atomic mass is 10.1. The molecule has 2 rings (SSSR count). The molecule has 0 saturated carbocycles. The number of anilines is 1. The van der Waals surface area contributed by atoms with Crippen molar-refractivity contribution in [3.05, 3.63) is 29.8 Å². The second-order valence-corrected chi connectivity index (χ2v) is 6.45. The maximum absolute atomic E-state index is 11.0. The predicted octanol–water partition coefficient (Wildman–Crippen LogP) is 2.33. The summed E-state index contributed by atoms with van der Waals surface area (Å²) in [6.45, 7) is 0.592. The third-order valence-electron chi connectivity index (χ3n) is 3.08. The van der Waals surface area contributed by atoms with Crippen molar-refractivity contribution in [1.29, 1.82) is 0 Å². The third-order valence-corrected chi connectivity index (χ3v) is 5.01. The van der Waals surface area contributed by atoms with Crippen molar-refractivity contribution < 1.29 is 23.7 Å². The zero-order chi connectivity index (χ0) is 14.0. The Morgan fingerprint density at radius 1 is 1.37 bits per heavy atom. The van der Waals surface area contributed by atoms with Crippen molar-refractivity contribution in [2.45, 2.75) is 12.5 Å². The molecule has 1 aliphatic heterocycles. The molecule has 0 aromatic heterocycles. The number of carboxylic acid groups (broad SMARTS) is 1. The zero-order valence-electron chi connectivity index (χ0n) is 10.5. The predicted molar refractivity (Wildman–Crippen MR) is 73.5 cm³/mol. The third kappa shape index (κ3) is 2.84. The van der Waals surface area contributed by atoms with Gasteiger partial charge in [0.15, 0.2) is 6.10 Å². The van der Waals surface area contributed by atoms with Gasteiger partial charge in [0.05, 0.1) is 11.4 Å². The summed E-state index contributed by atoms with van der Waals surface area (Å²) in [7, 11) is -1.37. The van der Waals surface area contributed by atoms with Crippen molar-refractivity contribution in [1.82, 2.24) is 0 Å². The second kappa shape index (κ2) is 5.38. The van der Waals surface area contributed by atoms with E-state index in [1.807, 2.05) is 0 Å². The molecule has 0 spiro atoms. The lowest BCUT2D eigenvalue weighted by Gasteiger charge is -2.38. The summed E-state index contributed by atoms with van der Waals surface area (Å²) in [6.07, 6.45) is -0.270. The van der Waals surface area contributed by atoms with Crippen LogP contribution in [0.3, 0.4) is 0 Å². The number of benzene rings is 1. The Morgan fingerprint density at radius 3 is 2.42 bits per heavy atom. The van der Waals surface area contributed by atoms with E-state index in [1.165, 1.54) is 7.11 Å². The highest BCUT2D eigenvalue weighted by atomic mass is 32.3. The fraction of sp³-hybridized carbons (Fsp3) is 0.417. The average Bonchev–Trinajstić information content (AvgIpc) is 2.70. The van der Waals surface area contributed by atoms with Gasteiger partial charge >= 0.3 is 5.97 Å². The number of ether oxygens (including phenoxy) is 1. The van der Waals surface area contributed by atoms with Gasteiger partial charge in [0.1, 0.15) is 0 Å². The van der Waals surface area contributed by atoms with Gasteiger partial charge in [-0.05, 0) is 24.1 Å². The lowest BCUT2D eigenvalue weighted by Crippen LogP contribution is -2.22. The summed E-state index contributed by atoms with van der Waals surface area (Å²) < 4.78 is 26.2. The first kappa shape index (κ1) is 14.1. The second-order valence-electron chi connectivity index (χ2n) is 4.34. The Morgan fingerprint density at radius 2 is 2.00 bits per heavy atom. The summed E-state index contributed by atoms with van der Waals surface area (Å²) in [5.41, 5.74) is 1.20. The van der Waals surface area contributed by atoms with Crippen LogP contribution in [0.2, 0.25) is 0 Å². The van der Waals surface area contributed by atoms with E-state index in [-0.39, 0.29) is 0 Å².